The van der Waals surface area contributed by atoms with E-state index in [-0.39, 0.29) is 23.8 Å². The second kappa shape index (κ2) is 7.14. The molecular formula is C16H22N4O3S. The summed E-state index contributed by atoms with van der Waals surface area (Å²) in [6, 6.07) is 5.13. The number of H-pyrrole nitrogens is 1. The van der Waals surface area contributed by atoms with Crippen molar-refractivity contribution in [2.45, 2.75) is 39.0 Å². The average molecular weight is 350 g/mol. The van der Waals surface area contributed by atoms with Crippen LogP contribution in [0.2, 0.25) is 0 Å². The van der Waals surface area contributed by atoms with Gasteiger partial charge in [0.2, 0.25) is 15.9 Å². The van der Waals surface area contributed by atoms with Crippen LogP contribution in [0, 0.1) is 27.7 Å². The first kappa shape index (κ1) is 18.2. The smallest absolute Gasteiger partial charge is 0.240 e. The van der Waals surface area contributed by atoms with Crippen LogP contribution in [-0.2, 0) is 14.8 Å². The van der Waals surface area contributed by atoms with Crippen molar-refractivity contribution < 1.29 is 13.2 Å². The standard InChI is InChI=1S/C16H22N4O3S/c1-10-5-6-14(11(2)9-10)24(22,23)17-8-7-15(21)18-16-12(3)19-20-13(16)4/h5-6,9,17H,7-8H2,1-4H3,(H,18,21)(H,19,20). The molecule has 0 aliphatic heterocycles. The number of nitrogens with zero attached hydrogens (tertiary/aromatic N) is 1. The maximum Gasteiger partial charge on any atom is 0.240 e. The van der Waals surface area contributed by atoms with E-state index in [0.717, 1.165) is 11.3 Å². The first-order valence-electron chi connectivity index (χ1n) is 7.59. The molecule has 0 bridgehead atoms. The van der Waals surface area contributed by atoms with Crippen LogP contribution < -0.4 is 10.0 Å². The third kappa shape index (κ3) is 4.21. The minimum Gasteiger partial charge on any atom is -0.323 e. The Balaban J connectivity index is 1.94. The first-order chi connectivity index (χ1) is 11.2. The molecule has 1 amide bonds. The second-order valence-corrected chi connectivity index (χ2v) is 7.51. The number of anilines is 1. The number of aromatic amines is 1. The van der Waals surface area contributed by atoms with E-state index in [1.165, 1.54) is 0 Å². The van der Waals surface area contributed by atoms with Gasteiger partial charge in [-0.15, -0.1) is 0 Å². The number of rotatable bonds is 6. The fourth-order valence-corrected chi connectivity index (χ4v) is 3.67. The third-order valence-electron chi connectivity index (χ3n) is 3.66. The molecule has 0 fully saturated rings. The highest BCUT2D eigenvalue weighted by Gasteiger charge is 2.17. The normalized spacial score (nSPS) is 11.5. The van der Waals surface area contributed by atoms with E-state index in [4.69, 9.17) is 0 Å². The summed E-state index contributed by atoms with van der Waals surface area (Å²) in [6.07, 6.45) is 0.0359. The van der Waals surface area contributed by atoms with Gasteiger partial charge in [0, 0.05) is 13.0 Å². The molecule has 3 N–H and O–H groups in total. The molecule has 0 radical (unpaired) electrons. The lowest BCUT2D eigenvalue weighted by Gasteiger charge is -2.10. The van der Waals surface area contributed by atoms with Crippen molar-refractivity contribution >= 4 is 21.6 Å². The molecule has 7 nitrogen and oxygen atoms in total. The van der Waals surface area contributed by atoms with Crippen molar-refractivity contribution in [3.63, 3.8) is 0 Å². The molecule has 0 unspecified atom stereocenters. The number of carbonyl (C=O) groups excluding carboxylic acids is 1. The predicted molar refractivity (Wildman–Crippen MR) is 92.4 cm³/mol. The van der Waals surface area contributed by atoms with E-state index in [1.807, 2.05) is 13.0 Å². The van der Waals surface area contributed by atoms with E-state index in [2.05, 4.69) is 20.2 Å². The maximum atomic E-state index is 12.3. The molecule has 0 atom stereocenters. The van der Waals surface area contributed by atoms with E-state index < -0.39 is 10.0 Å². The van der Waals surface area contributed by atoms with Gasteiger partial charge < -0.3 is 5.32 Å². The van der Waals surface area contributed by atoms with Crippen LogP contribution >= 0.6 is 0 Å². The Labute approximate surface area is 141 Å². The van der Waals surface area contributed by atoms with Gasteiger partial charge >= 0.3 is 0 Å². The summed E-state index contributed by atoms with van der Waals surface area (Å²) >= 11 is 0. The van der Waals surface area contributed by atoms with E-state index in [1.54, 1.807) is 32.9 Å². The second-order valence-electron chi connectivity index (χ2n) is 5.77. The maximum absolute atomic E-state index is 12.3. The van der Waals surface area contributed by atoms with Crippen LogP contribution in [0.15, 0.2) is 23.1 Å². The molecule has 0 spiro atoms. The van der Waals surface area contributed by atoms with Crippen LogP contribution in [0.1, 0.15) is 28.9 Å². The number of benzene rings is 1. The molecule has 24 heavy (non-hydrogen) atoms. The summed E-state index contributed by atoms with van der Waals surface area (Å²) in [7, 11) is -3.63. The Hall–Kier alpha value is -2.19. The highest BCUT2D eigenvalue weighted by Crippen LogP contribution is 2.17. The molecule has 1 aromatic heterocycles. The van der Waals surface area contributed by atoms with Crippen LogP contribution in [0.5, 0.6) is 0 Å². The fourth-order valence-electron chi connectivity index (χ4n) is 2.41. The van der Waals surface area contributed by atoms with Crippen molar-refractivity contribution in [3.05, 3.63) is 40.7 Å². The SMILES string of the molecule is Cc1ccc(S(=O)(=O)NCCC(=O)Nc2c(C)n[nH]c2C)c(C)c1. The Morgan fingerprint density at radius 1 is 1.21 bits per heavy atom. The number of carbonyl (C=O) groups is 1. The topological polar surface area (TPSA) is 104 Å². The Morgan fingerprint density at radius 2 is 1.92 bits per heavy atom. The van der Waals surface area contributed by atoms with Crippen LogP contribution in [-0.4, -0.2) is 31.1 Å². The highest BCUT2D eigenvalue weighted by atomic mass is 32.2. The molecular weight excluding hydrogens is 328 g/mol. The summed E-state index contributed by atoms with van der Waals surface area (Å²) < 4.78 is 27.1. The average Bonchev–Trinajstić information content (AvgIpc) is 2.78. The fraction of sp³-hybridized carbons (Fsp3) is 0.375. The van der Waals surface area contributed by atoms with Crippen molar-refractivity contribution in [1.82, 2.24) is 14.9 Å². The zero-order valence-electron chi connectivity index (χ0n) is 14.2. The number of hydrogen-bond acceptors (Lipinski definition) is 4. The molecule has 0 saturated carbocycles. The molecule has 0 aliphatic rings. The summed E-state index contributed by atoms with van der Waals surface area (Å²) in [5, 5.41) is 9.51. The van der Waals surface area contributed by atoms with E-state index in [9.17, 15) is 13.2 Å². The summed E-state index contributed by atoms with van der Waals surface area (Å²) in [5.74, 6) is -0.272. The van der Waals surface area contributed by atoms with Crippen LogP contribution in [0.3, 0.4) is 0 Å². The zero-order valence-corrected chi connectivity index (χ0v) is 15.0. The molecule has 8 heteroatoms. The third-order valence-corrected chi connectivity index (χ3v) is 5.28. The summed E-state index contributed by atoms with van der Waals surface area (Å²) in [4.78, 5) is 12.2. The van der Waals surface area contributed by atoms with Crippen LogP contribution in [0.4, 0.5) is 5.69 Å². The molecule has 2 aromatic rings. The number of amides is 1. The minimum absolute atomic E-state index is 0.0252. The van der Waals surface area contributed by atoms with E-state index in [0.29, 0.717) is 16.9 Å². The van der Waals surface area contributed by atoms with Gasteiger partial charge in [0.05, 0.1) is 22.0 Å². The van der Waals surface area contributed by atoms with Crippen molar-refractivity contribution in [1.29, 1.82) is 0 Å². The van der Waals surface area contributed by atoms with Crippen molar-refractivity contribution in [2.75, 3.05) is 11.9 Å². The number of hydrogen-bond donors (Lipinski definition) is 3. The Bertz CT molecular complexity index is 837. The lowest BCUT2D eigenvalue weighted by Crippen LogP contribution is -2.28. The monoisotopic (exact) mass is 350 g/mol. The van der Waals surface area contributed by atoms with Gasteiger partial charge in [0.1, 0.15) is 0 Å². The van der Waals surface area contributed by atoms with Gasteiger partial charge in [-0.05, 0) is 39.3 Å². The highest BCUT2D eigenvalue weighted by molar-refractivity contribution is 7.89. The molecule has 1 aromatic carbocycles. The van der Waals surface area contributed by atoms with Gasteiger partial charge in [-0.2, -0.15) is 5.10 Å². The lowest BCUT2D eigenvalue weighted by molar-refractivity contribution is -0.116. The largest absolute Gasteiger partial charge is 0.323 e. The quantitative estimate of drug-likeness (QED) is 0.740. The van der Waals surface area contributed by atoms with Crippen molar-refractivity contribution in [3.8, 4) is 0 Å². The van der Waals surface area contributed by atoms with Gasteiger partial charge in [-0.1, -0.05) is 17.7 Å². The first-order valence-corrected chi connectivity index (χ1v) is 9.07. The number of nitrogens with one attached hydrogen (secondary N) is 3. The zero-order chi connectivity index (χ0) is 17.9. The van der Waals surface area contributed by atoms with Gasteiger partial charge in [0.25, 0.3) is 0 Å². The van der Waals surface area contributed by atoms with Crippen molar-refractivity contribution in [2.24, 2.45) is 0 Å². The van der Waals surface area contributed by atoms with Crippen LogP contribution in [0.25, 0.3) is 0 Å². The van der Waals surface area contributed by atoms with Gasteiger partial charge in [0.15, 0.2) is 0 Å². The molecule has 130 valence electrons. The predicted octanol–water partition coefficient (Wildman–Crippen LogP) is 1.95. The Kier molecular flexibility index (Phi) is 5.40. The Morgan fingerprint density at radius 3 is 2.50 bits per heavy atom. The number of sulfonamides is 1. The molecule has 2 rings (SSSR count). The molecule has 0 aliphatic carbocycles. The summed E-state index contributed by atoms with van der Waals surface area (Å²) in [6.45, 7) is 7.26. The lowest BCUT2D eigenvalue weighted by atomic mass is 10.2. The van der Waals surface area contributed by atoms with Gasteiger partial charge in [-0.25, -0.2) is 13.1 Å². The number of aryl methyl sites for hydroxylation is 4. The van der Waals surface area contributed by atoms with E-state index >= 15 is 0 Å². The number of aromatic nitrogens is 2. The minimum atomic E-state index is -3.63. The summed E-state index contributed by atoms with van der Waals surface area (Å²) in [5.41, 5.74) is 3.76. The molecule has 1 heterocycles. The van der Waals surface area contributed by atoms with Gasteiger partial charge in [-0.3, -0.25) is 9.89 Å². The molecule has 0 saturated heterocycles.